The van der Waals surface area contributed by atoms with E-state index in [1.807, 2.05) is 0 Å². The molecule has 0 aliphatic carbocycles. The Morgan fingerprint density at radius 2 is 1.29 bits per heavy atom. The molecule has 6 atom stereocenters. The lowest BCUT2D eigenvalue weighted by Gasteiger charge is -2.27. The van der Waals surface area contributed by atoms with E-state index in [4.69, 9.17) is 17.2 Å². The van der Waals surface area contributed by atoms with E-state index in [2.05, 4.69) is 49.2 Å². The highest BCUT2D eigenvalue weighted by atomic mass is 32.1. The lowest BCUT2D eigenvalue weighted by atomic mass is 10.0. The van der Waals surface area contributed by atoms with Gasteiger partial charge in [-0.1, -0.05) is 27.7 Å². The molecule has 7 amide bonds. The number of nitrogens with one attached hydrogen (secondary N) is 6. The van der Waals surface area contributed by atoms with Gasteiger partial charge in [0.15, 0.2) is 0 Å². The smallest absolute Gasteiger partial charge is 0.327 e. The van der Waals surface area contributed by atoms with Gasteiger partial charge < -0.3 is 53.9 Å². The number of imidazole rings is 1. The molecule has 274 valence electrons. The predicted octanol–water partition coefficient (Wildman–Crippen LogP) is -3.44. The van der Waals surface area contributed by atoms with Crippen molar-refractivity contribution in [2.45, 2.75) is 96.1 Å². The number of H-pyrrole nitrogens is 1. The number of carbonyl (C=O) groups excluding carboxylic acids is 7. The van der Waals surface area contributed by atoms with Crippen molar-refractivity contribution in [1.29, 1.82) is 0 Å². The molecule has 0 fully saturated rings. The number of thiol groups is 1. The number of nitrogens with two attached hydrogens (primary N) is 3. The molecule has 1 aromatic rings. The van der Waals surface area contributed by atoms with Crippen LogP contribution < -0.4 is 43.8 Å². The summed E-state index contributed by atoms with van der Waals surface area (Å²) in [4.78, 5) is 108. The molecule has 0 aliphatic heterocycles. The van der Waals surface area contributed by atoms with Crippen molar-refractivity contribution in [2.24, 2.45) is 29.0 Å². The fourth-order valence-electron chi connectivity index (χ4n) is 4.34. The van der Waals surface area contributed by atoms with Gasteiger partial charge in [-0.2, -0.15) is 12.6 Å². The summed E-state index contributed by atoms with van der Waals surface area (Å²) in [6.45, 7) is 6.89. The number of hydrogen-bond donors (Lipinski definition) is 11. The van der Waals surface area contributed by atoms with Gasteiger partial charge in [0.05, 0.1) is 18.8 Å². The summed E-state index contributed by atoms with van der Waals surface area (Å²) in [6.07, 6.45) is 1.28. The Balaban J connectivity index is 3.35. The van der Waals surface area contributed by atoms with Crippen LogP contribution in [-0.2, 0) is 44.8 Å². The molecule has 0 aromatic carbocycles. The van der Waals surface area contributed by atoms with Crippen molar-refractivity contribution in [1.82, 2.24) is 36.6 Å². The van der Waals surface area contributed by atoms with Gasteiger partial charge in [-0.05, 0) is 24.7 Å². The zero-order valence-electron chi connectivity index (χ0n) is 27.9. The second-order valence-corrected chi connectivity index (χ2v) is 12.5. The number of rotatable bonds is 22. The maximum atomic E-state index is 13.6. The number of aliphatic carboxylic acids is 1. The fraction of sp³-hybridized carbons (Fsp3) is 0.621. The first-order chi connectivity index (χ1) is 22.9. The van der Waals surface area contributed by atoms with Crippen LogP contribution in [0.15, 0.2) is 12.5 Å². The molecule has 0 bridgehead atoms. The van der Waals surface area contributed by atoms with Gasteiger partial charge >= 0.3 is 5.97 Å². The number of amides is 7. The number of primary amides is 2. The van der Waals surface area contributed by atoms with Crippen molar-refractivity contribution in [3.05, 3.63) is 18.2 Å². The number of aromatic nitrogens is 2. The molecular weight excluding hydrogens is 664 g/mol. The SMILES string of the molecule is CC(C)C[C@H](NC(=O)[C@H](Cc1cnc[nH]1)NC(=O)[C@H](CCC(N)=O)NC(=O)[C@H](CC(N)=O)NC(=O)[C@@H](N)C(C)C)C(=O)N[C@@H](CS)C(=O)O. The number of hydrogen-bond acceptors (Lipinski definition) is 11. The zero-order valence-corrected chi connectivity index (χ0v) is 28.8. The van der Waals surface area contributed by atoms with Crippen molar-refractivity contribution >= 4 is 59.9 Å². The second-order valence-electron chi connectivity index (χ2n) is 12.2. The van der Waals surface area contributed by atoms with E-state index in [1.54, 1.807) is 27.7 Å². The molecule has 19 nitrogen and oxygen atoms in total. The Morgan fingerprint density at radius 3 is 1.78 bits per heavy atom. The van der Waals surface area contributed by atoms with Crippen LogP contribution in [0.1, 0.15) is 59.1 Å². The quantitative estimate of drug-likeness (QED) is 0.0525. The van der Waals surface area contributed by atoms with Crippen LogP contribution in [0.3, 0.4) is 0 Å². The van der Waals surface area contributed by atoms with E-state index < -0.39 is 90.0 Å². The highest BCUT2D eigenvalue weighted by molar-refractivity contribution is 7.80. The summed E-state index contributed by atoms with van der Waals surface area (Å²) in [6, 6.07) is -8.02. The van der Waals surface area contributed by atoms with Gasteiger partial charge in [-0.25, -0.2) is 9.78 Å². The van der Waals surface area contributed by atoms with Crippen LogP contribution >= 0.6 is 12.6 Å². The molecule has 0 spiro atoms. The summed E-state index contributed by atoms with van der Waals surface area (Å²) in [5, 5.41) is 21.4. The Bertz CT molecular complexity index is 1330. The number of carbonyl (C=O) groups is 8. The number of nitrogens with zero attached hydrogens (tertiary/aromatic N) is 1. The van der Waals surface area contributed by atoms with Crippen LogP contribution in [0.5, 0.6) is 0 Å². The van der Waals surface area contributed by atoms with E-state index in [1.165, 1.54) is 12.5 Å². The third-order valence-electron chi connectivity index (χ3n) is 7.12. The first kappa shape index (κ1) is 42.3. The molecular formula is C29H48N10O9S. The first-order valence-corrected chi connectivity index (χ1v) is 16.1. The first-order valence-electron chi connectivity index (χ1n) is 15.5. The lowest BCUT2D eigenvalue weighted by Crippen LogP contribution is -2.60. The van der Waals surface area contributed by atoms with Crippen LogP contribution in [0.25, 0.3) is 0 Å². The third-order valence-corrected chi connectivity index (χ3v) is 7.49. The topological polar surface area (TPSA) is 324 Å². The number of aromatic amines is 1. The second kappa shape index (κ2) is 20.6. The molecule has 0 saturated heterocycles. The Morgan fingerprint density at radius 1 is 0.776 bits per heavy atom. The van der Waals surface area contributed by atoms with E-state index in [-0.39, 0.29) is 43.3 Å². The zero-order chi connectivity index (χ0) is 37.4. The highest BCUT2D eigenvalue weighted by Gasteiger charge is 2.34. The van der Waals surface area contributed by atoms with Crippen LogP contribution in [0.2, 0.25) is 0 Å². The van der Waals surface area contributed by atoms with Gasteiger partial charge in [0.2, 0.25) is 41.4 Å². The Kier molecular flexibility index (Phi) is 17.8. The predicted molar refractivity (Wildman–Crippen MR) is 178 cm³/mol. The molecule has 0 unspecified atom stereocenters. The minimum absolute atomic E-state index is 0.103. The maximum absolute atomic E-state index is 13.6. The number of carboxylic acid groups (broad SMARTS) is 1. The van der Waals surface area contributed by atoms with E-state index in [9.17, 15) is 43.5 Å². The third kappa shape index (κ3) is 15.4. The average molecular weight is 713 g/mol. The molecule has 1 rings (SSSR count). The van der Waals surface area contributed by atoms with E-state index in [0.717, 1.165) is 0 Å². The van der Waals surface area contributed by atoms with Gasteiger partial charge in [-0.15, -0.1) is 0 Å². The van der Waals surface area contributed by atoms with Gasteiger partial charge in [0.25, 0.3) is 0 Å². The van der Waals surface area contributed by atoms with Gasteiger partial charge in [0.1, 0.15) is 30.2 Å². The van der Waals surface area contributed by atoms with Gasteiger partial charge in [-0.3, -0.25) is 33.6 Å². The number of carboxylic acids is 1. The van der Waals surface area contributed by atoms with Crippen LogP contribution in [0.4, 0.5) is 0 Å². The minimum Gasteiger partial charge on any atom is -0.480 e. The molecule has 20 heteroatoms. The fourth-order valence-corrected chi connectivity index (χ4v) is 4.59. The van der Waals surface area contributed by atoms with E-state index in [0.29, 0.717) is 5.69 Å². The van der Waals surface area contributed by atoms with Crippen molar-refractivity contribution in [2.75, 3.05) is 5.75 Å². The molecule has 0 saturated carbocycles. The van der Waals surface area contributed by atoms with E-state index >= 15 is 0 Å². The molecule has 1 aromatic heterocycles. The minimum atomic E-state index is -1.54. The average Bonchev–Trinajstić information content (AvgIpc) is 3.52. The maximum Gasteiger partial charge on any atom is 0.327 e. The summed E-state index contributed by atoms with van der Waals surface area (Å²) >= 11 is 3.94. The van der Waals surface area contributed by atoms with Gasteiger partial charge in [0, 0.05) is 30.5 Å². The van der Waals surface area contributed by atoms with Crippen molar-refractivity contribution in [3.63, 3.8) is 0 Å². The monoisotopic (exact) mass is 712 g/mol. The van der Waals surface area contributed by atoms with Crippen LogP contribution in [-0.4, -0.2) is 104 Å². The van der Waals surface area contributed by atoms with Crippen LogP contribution in [0, 0.1) is 11.8 Å². The highest BCUT2D eigenvalue weighted by Crippen LogP contribution is 2.09. The molecule has 0 radical (unpaired) electrons. The Labute approximate surface area is 288 Å². The molecule has 1 heterocycles. The summed E-state index contributed by atoms with van der Waals surface area (Å²) in [7, 11) is 0. The summed E-state index contributed by atoms with van der Waals surface area (Å²) < 4.78 is 0. The standard InChI is InChI=1S/C29H48N10O9S/c1-13(2)7-17(25(43)39-20(11-49)29(47)48)36-26(44)18(8-15-10-33-12-34-15)37-24(42)16(5-6-21(30)40)35-27(45)19(9-22(31)41)38-28(46)23(32)14(3)4/h10,12-14,16-20,23,49H,5-9,11,32H2,1-4H3,(H2,30,40)(H2,31,41)(H,33,34)(H,35,45)(H,36,44)(H,37,42)(H,38,46)(H,39,43)(H,47,48)/t16-,17-,18-,19-,20-,23-/m0/s1. The molecule has 49 heavy (non-hydrogen) atoms. The molecule has 13 N–H and O–H groups in total. The van der Waals surface area contributed by atoms with Crippen molar-refractivity contribution in [3.8, 4) is 0 Å². The Hall–Kier alpha value is -4.72. The molecule has 0 aliphatic rings. The summed E-state index contributed by atoms with van der Waals surface area (Å²) in [5.74, 6) is -8.11. The summed E-state index contributed by atoms with van der Waals surface area (Å²) in [5.41, 5.74) is 16.8. The van der Waals surface area contributed by atoms with Crippen molar-refractivity contribution < 1.29 is 43.5 Å². The normalized spacial score (nSPS) is 14.8. The lowest BCUT2D eigenvalue weighted by molar-refractivity contribution is -0.141. The largest absolute Gasteiger partial charge is 0.480 e.